The molecule has 0 aliphatic rings. The molecule has 0 aromatic carbocycles. The van der Waals surface area contributed by atoms with Gasteiger partial charge in [0.25, 0.3) is 0 Å². The third-order valence-electron chi connectivity index (χ3n) is 2.35. The van der Waals surface area contributed by atoms with Crippen LogP contribution >= 0.6 is 0 Å². The molecule has 1 aromatic rings. The van der Waals surface area contributed by atoms with Gasteiger partial charge in [-0.3, -0.25) is 0 Å². The van der Waals surface area contributed by atoms with Crippen LogP contribution in [0.4, 0.5) is 0 Å². The van der Waals surface area contributed by atoms with Crippen molar-refractivity contribution in [3.05, 3.63) is 24.4 Å². The van der Waals surface area contributed by atoms with Crippen LogP contribution in [0.1, 0.15) is 80.1 Å². The van der Waals surface area contributed by atoms with Crippen LogP contribution < -0.4 is 4.74 Å². The summed E-state index contributed by atoms with van der Waals surface area (Å²) in [7, 11) is 1.60. The van der Waals surface area contributed by atoms with Gasteiger partial charge in [0.05, 0.1) is 7.11 Å². The van der Waals surface area contributed by atoms with Crippen LogP contribution in [0.5, 0.6) is 5.88 Å². The van der Waals surface area contributed by atoms with E-state index in [-0.39, 0.29) is 23.9 Å². The van der Waals surface area contributed by atoms with Gasteiger partial charge in [-0.2, -0.15) is 0 Å². The van der Waals surface area contributed by atoms with Crippen LogP contribution in [0, 0.1) is 0 Å². The van der Waals surface area contributed by atoms with E-state index in [2.05, 4.69) is 46.5 Å². The van der Waals surface area contributed by atoms with Gasteiger partial charge in [-0.1, -0.05) is 86.1 Å². The number of rotatable bonds is 4. The van der Waals surface area contributed by atoms with Gasteiger partial charge >= 0.3 is 0 Å². The summed E-state index contributed by atoms with van der Waals surface area (Å²) in [5.41, 5.74) is 0. The molecule has 21 heavy (non-hydrogen) atoms. The number of methoxy groups -OCH3 is 1. The second-order valence-electron chi connectivity index (χ2n) is 4.37. The van der Waals surface area contributed by atoms with Crippen molar-refractivity contribution in [1.82, 2.24) is 4.98 Å². The summed E-state index contributed by atoms with van der Waals surface area (Å²) in [5, 5.41) is 0. The summed E-state index contributed by atoms with van der Waals surface area (Å²) in [6.07, 6.45) is 9.61. The zero-order valence-electron chi connectivity index (χ0n) is 15.4. The summed E-state index contributed by atoms with van der Waals surface area (Å²) in [5.74, 6) is 0.660. The molecule has 0 bridgehead atoms. The van der Waals surface area contributed by atoms with E-state index < -0.39 is 0 Å². The van der Waals surface area contributed by atoms with E-state index in [0.29, 0.717) is 5.88 Å². The normalized spacial score (nSPS) is 7.57. The van der Waals surface area contributed by atoms with Crippen LogP contribution in [0.25, 0.3) is 0 Å². The first kappa shape index (κ1) is 28.8. The van der Waals surface area contributed by atoms with E-state index in [1.54, 1.807) is 19.4 Å². The molecule has 0 spiro atoms. The minimum atomic E-state index is 0. The van der Waals surface area contributed by atoms with Crippen molar-refractivity contribution in [2.75, 3.05) is 7.11 Å². The molecule has 124 valence electrons. The fraction of sp³-hybridized carbons (Fsp3) is 0.722. The summed E-state index contributed by atoms with van der Waals surface area (Å²) < 4.78 is 4.80. The Hall–Kier alpha value is -0.251. The van der Waals surface area contributed by atoms with Gasteiger partial charge < -0.3 is 4.74 Å². The van der Waals surface area contributed by atoms with Crippen LogP contribution in [0.3, 0.4) is 0 Å². The van der Waals surface area contributed by atoms with Crippen molar-refractivity contribution in [2.45, 2.75) is 80.1 Å². The number of nitrogens with zero attached hydrogens (tertiary/aromatic N) is 1. The fourth-order valence-corrected chi connectivity index (χ4v) is 0.468. The molecule has 0 aliphatic heterocycles. The molecule has 1 heterocycles. The average Bonchev–Trinajstić information content (AvgIpc) is 2.56. The third kappa shape index (κ3) is 38.3. The maximum Gasteiger partial charge on any atom is 0.212 e. The Morgan fingerprint density at radius 3 is 1.29 bits per heavy atom. The molecule has 1 aromatic heterocycles. The fourth-order valence-electron chi connectivity index (χ4n) is 0.468. The molecule has 2 nitrogen and oxygen atoms in total. The number of pyridine rings is 1. The Balaban J connectivity index is -0.0000000973. The van der Waals surface area contributed by atoms with Crippen LogP contribution in [0.2, 0.25) is 0 Å². The van der Waals surface area contributed by atoms with Gasteiger partial charge in [-0.15, -0.1) is 0 Å². The van der Waals surface area contributed by atoms with Crippen molar-refractivity contribution in [1.29, 1.82) is 0 Å². The predicted octanol–water partition coefficient (Wildman–Crippen LogP) is 6.13. The smallest absolute Gasteiger partial charge is 0.212 e. The minimum absolute atomic E-state index is 0. The summed E-state index contributed by atoms with van der Waals surface area (Å²) in [6, 6.07) is 5.54. The van der Waals surface area contributed by atoms with Crippen LogP contribution in [0.15, 0.2) is 24.4 Å². The number of unbranched alkanes of at least 4 members (excludes halogenated alkanes) is 3. The first-order valence-electron chi connectivity index (χ1n) is 8.13. The molecule has 1 rings (SSSR count). The van der Waals surface area contributed by atoms with Crippen molar-refractivity contribution < 1.29 is 4.74 Å². The van der Waals surface area contributed by atoms with Crippen LogP contribution in [-0.2, 0) is 0 Å². The van der Waals surface area contributed by atoms with Crippen molar-refractivity contribution in [3.63, 3.8) is 0 Å². The molecular weight excluding hydrogens is 365 g/mol. The molecule has 3 heteroatoms. The molecule has 0 fully saturated rings. The maximum atomic E-state index is 4.80. The average molecular weight is 402 g/mol. The SMILES string of the molecule is CCCC.CCCC.CCCC.COc1ccccn1.[Sn]. The van der Waals surface area contributed by atoms with Gasteiger partial charge in [0, 0.05) is 36.2 Å². The van der Waals surface area contributed by atoms with Gasteiger partial charge in [-0.25, -0.2) is 4.98 Å². The minimum Gasteiger partial charge on any atom is -0.481 e. The Morgan fingerprint density at radius 1 is 0.762 bits per heavy atom. The van der Waals surface area contributed by atoms with Crippen LogP contribution in [-0.4, -0.2) is 36.0 Å². The maximum absolute atomic E-state index is 4.80. The first-order valence-corrected chi connectivity index (χ1v) is 8.13. The van der Waals surface area contributed by atoms with E-state index in [1.165, 1.54) is 38.5 Å². The monoisotopic (exact) mass is 403 g/mol. The number of hydrogen-bond donors (Lipinski definition) is 0. The molecule has 4 radical (unpaired) electrons. The summed E-state index contributed by atoms with van der Waals surface area (Å²) in [4.78, 5) is 3.88. The topological polar surface area (TPSA) is 22.1 Å². The zero-order chi connectivity index (χ0) is 16.1. The second kappa shape index (κ2) is 31.9. The molecule has 0 amide bonds. The Bertz CT molecular complexity index is 214. The first-order chi connectivity index (χ1) is 9.67. The molecule has 0 unspecified atom stereocenters. The van der Waals surface area contributed by atoms with E-state index in [1.807, 2.05) is 12.1 Å². The molecule has 0 N–H and O–H groups in total. The van der Waals surface area contributed by atoms with E-state index in [9.17, 15) is 0 Å². The molecule has 0 saturated carbocycles. The largest absolute Gasteiger partial charge is 0.481 e. The standard InChI is InChI=1S/C6H7NO.3C4H10.Sn/c1-8-6-4-2-3-5-7-6;3*1-3-4-2;/h2-5H,1H3;3*3-4H2,1-2H3;. The third-order valence-corrected chi connectivity index (χ3v) is 2.35. The number of ether oxygens (including phenoxy) is 1. The van der Waals surface area contributed by atoms with Crippen molar-refractivity contribution in [3.8, 4) is 5.88 Å². The molecule has 0 saturated heterocycles. The predicted molar refractivity (Wildman–Crippen MR) is 98.3 cm³/mol. The molecular formula is C18H37NOSn. The number of aromatic nitrogens is 1. The molecule has 0 atom stereocenters. The van der Waals surface area contributed by atoms with Crippen molar-refractivity contribution in [2.24, 2.45) is 0 Å². The van der Waals surface area contributed by atoms with Gasteiger partial charge in [0.2, 0.25) is 5.88 Å². The zero-order valence-corrected chi connectivity index (χ0v) is 18.3. The van der Waals surface area contributed by atoms with Crippen molar-refractivity contribution >= 4 is 23.9 Å². The van der Waals surface area contributed by atoms with Gasteiger partial charge in [0.15, 0.2) is 0 Å². The Morgan fingerprint density at radius 2 is 1.14 bits per heavy atom. The summed E-state index contributed by atoms with van der Waals surface area (Å²) in [6.45, 7) is 13.1. The second-order valence-corrected chi connectivity index (χ2v) is 4.37. The quantitative estimate of drug-likeness (QED) is 0.566. The molecule has 0 aliphatic carbocycles. The Labute approximate surface area is 151 Å². The van der Waals surface area contributed by atoms with E-state index in [0.717, 1.165) is 0 Å². The van der Waals surface area contributed by atoms with E-state index >= 15 is 0 Å². The van der Waals surface area contributed by atoms with Gasteiger partial charge in [-0.05, 0) is 6.07 Å². The number of hydrogen-bond acceptors (Lipinski definition) is 2. The summed E-state index contributed by atoms with van der Waals surface area (Å²) >= 11 is 0. The van der Waals surface area contributed by atoms with E-state index in [4.69, 9.17) is 4.74 Å². The van der Waals surface area contributed by atoms with Gasteiger partial charge in [0.1, 0.15) is 0 Å². The Kier molecular flexibility index (Phi) is 43.8.